The van der Waals surface area contributed by atoms with Crippen LogP contribution in [0.1, 0.15) is 55.8 Å². The molecule has 1 aliphatic carbocycles. The Hall–Kier alpha value is -2.08. The summed E-state index contributed by atoms with van der Waals surface area (Å²) < 4.78 is 11.2. The molecule has 1 aromatic carbocycles. The number of carbonyl (C=O) groups excluding carboxylic acids is 2. The van der Waals surface area contributed by atoms with Gasteiger partial charge in [0.2, 0.25) is 5.91 Å². The predicted molar refractivity (Wildman–Crippen MR) is 103 cm³/mol. The van der Waals surface area contributed by atoms with Crippen LogP contribution in [0, 0.1) is 0 Å². The minimum atomic E-state index is -0.0478. The first-order valence-electron chi connectivity index (χ1n) is 10.1. The fourth-order valence-corrected chi connectivity index (χ4v) is 3.84. The Bertz CT molecular complexity index is 635. The van der Waals surface area contributed by atoms with Crippen LogP contribution in [0.4, 0.5) is 0 Å². The fraction of sp³-hybridized carbons (Fsp3) is 0.619. The molecule has 1 aromatic rings. The van der Waals surface area contributed by atoms with Crippen LogP contribution in [0.15, 0.2) is 24.3 Å². The Labute approximate surface area is 161 Å². The summed E-state index contributed by atoms with van der Waals surface area (Å²) in [6, 6.07) is 7.47. The van der Waals surface area contributed by atoms with Crippen LogP contribution in [0.25, 0.3) is 0 Å². The minimum Gasteiger partial charge on any atom is -0.493 e. The first-order chi connectivity index (χ1) is 13.2. The molecule has 0 unspecified atom stereocenters. The maximum atomic E-state index is 12.8. The molecule has 1 saturated heterocycles. The lowest BCUT2D eigenvalue weighted by Gasteiger charge is -2.32. The van der Waals surface area contributed by atoms with Crippen molar-refractivity contribution >= 4 is 11.8 Å². The van der Waals surface area contributed by atoms with Crippen molar-refractivity contribution in [3.63, 3.8) is 0 Å². The van der Waals surface area contributed by atoms with Gasteiger partial charge in [0.15, 0.2) is 0 Å². The van der Waals surface area contributed by atoms with Gasteiger partial charge in [0, 0.05) is 19.1 Å². The van der Waals surface area contributed by atoms with Crippen LogP contribution in [-0.4, -0.2) is 55.2 Å². The van der Waals surface area contributed by atoms with E-state index >= 15 is 0 Å². The SMILES string of the molecule is CCOc1ccccc1C(=O)N1CCC(NC(=O)COC2CCCC2)CC1. The Morgan fingerprint density at radius 2 is 1.81 bits per heavy atom. The maximum absolute atomic E-state index is 12.8. The highest BCUT2D eigenvalue weighted by molar-refractivity contribution is 5.97. The van der Waals surface area contributed by atoms with Crippen molar-refractivity contribution in [2.75, 3.05) is 26.3 Å². The van der Waals surface area contributed by atoms with Gasteiger partial charge in [-0.3, -0.25) is 9.59 Å². The number of ether oxygens (including phenoxy) is 2. The molecule has 0 radical (unpaired) electrons. The van der Waals surface area contributed by atoms with E-state index in [4.69, 9.17) is 9.47 Å². The van der Waals surface area contributed by atoms with E-state index in [1.165, 1.54) is 12.8 Å². The third kappa shape index (κ3) is 5.45. The largest absolute Gasteiger partial charge is 0.493 e. The van der Waals surface area contributed by atoms with E-state index in [2.05, 4.69) is 5.32 Å². The highest BCUT2D eigenvalue weighted by Gasteiger charge is 2.26. The van der Waals surface area contributed by atoms with Gasteiger partial charge in [0.1, 0.15) is 12.4 Å². The van der Waals surface area contributed by atoms with Crippen molar-refractivity contribution < 1.29 is 19.1 Å². The number of piperidine rings is 1. The molecule has 27 heavy (non-hydrogen) atoms. The summed E-state index contributed by atoms with van der Waals surface area (Å²) in [6.07, 6.45) is 6.31. The Morgan fingerprint density at radius 1 is 1.11 bits per heavy atom. The van der Waals surface area contributed by atoms with Crippen molar-refractivity contribution in [3.8, 4) is 5.75 Å². The molecular weight excluding hydrogens is 344 g/mol. The zero-order valence-corrected chi connectivity index (χ0v) is 16.1. The van der Waals surface area contributed by atoms with Gasteiger partial charge in [-0.15, -0.1) is 0 Å². The highest BCUT2D eigenvalue weighted by Crippen LogP contribution is 2.22. The quantitative estimate of drug-likeness (QED) is 0.797. The van der Waals surface area contributed by atoms with Gasteiger partial charge in [-0.2, -0.15) is 0 Å². The monoisotopic (exact) mass is 374 g/mol. The van der Waals surface area contributed by atoms with E-state index < -0.39 is 0 Å². The smallest absolute Gasteiger partial charge is 0.257 e. The van der Waals surface area contributed by atoms with Gasteiger partial charge in [-0.1, -0.05) is 25.0 Å². The third-order valence-electron chi connectivity index (χ3n) is 5.32. The van der Waals surface area contributed by atoms with Crippen molar-refractivity contribution in [1.29, 1.82) is 0 Å². The van der Waals surface area contributed by atoms with Crippen LogP contribution >= 0.6 is 0 Å². The van der Waals surface area contributed by atoms with E-state index in [0.717, 1.165) is 25.7 Å². The van der Waals surface area contributed by atoms with E-state index in [9.17, 15) is 9.59 Å². The second kappa shape index (κ2) is 9.74. The normalized spacial score (nSPS) is 18.5. The van der Waals surface area contributed by atoms with E-state index in [-0.39, 0.29) is 30.6 Å². The predicted octanol–water partition coefficient (Wildman–Crippen LogP) is 2.77. The van der Waals surface area contributed by atoms with Crippen LogP contribution in [0.2, 0.25) is 0 Å². The fourth-order valence-electron chi connectivity index (χ4n) is 3.84. The topological polar surface area (TPSA) is 67.9 Å². The summed E-state index contributed by atoms with van der Waals surface area (Å²) in [5, 5.41) is 3.05. The average Bonchev–Trinajstić information content (AvgIpc) is 3.21. The molecular formula is C21H30N2O4. The Balaban J connectivity index is 1.44. The zero-order chi connectivity index (χ0) is 19.1. The molecule has 6 heteroatoms. The van der Waals surface area contributed by atoms with Gasteiger partial charge in [-0.05, 0) is 44.7 Å². The number of rotatable bonds is 7. The lowest BCUT2D eigenvalue weighted by molar-refractivity contribution is -0.128. The summed E-state index contributed by atoms with van der Waals surface area (Å²) in [6.45, 7) is 3.85. The van der Waals surface area contributed by atoms with Crippen LogP contribution in [0.3, 0.4) is 0 Å². The van der Waals surface area contributed by atoms with E-state index in [0.29, 0.717) is 31.0 Å². The molecule has 0 spiro atoms. The van der Waals surface area contributed by atoms with Crippen LogP contribution in [0.5, 0.6) is 5.75 Å². The molecule has 0 atom stereocenters. The summed E-state index contributed by atoms with van der Waals surface area (Å²) >= 11 is 0. The molecule has 6 nitrogen and oxygen atoms in total. The van der Waals surface area contributed by atoms with Crippen molar-refractivity contribution in [3.05, 3.63) is 29.8 Å². The van der Waals surface area contributed by atoms with Crippen molar-refractivity contribution in [1.82, 2.24) is 10.2 Å². The molecule has 2 aliphatic rings. The Morgan fingerprint density at radius 3 is 2.52 bits per heavy atom. The summed E-state index contributed by atoms with van der Waals surface area (Å²) in [4.78, 5) is 26.7. The molecule has 3 rings (SSSR count). The molecule has 2 amide bonds. The molecule has 1 aliphatic heterocycles. The minimum absolute atomic E-state index is 0.00612. The molecule has 1 N–H and O–H groups in total. The third-order valence-corrected chi connectivity index (χ3v) is 5.32. The second-order valence-corrected chi connectivity index (χ2v) is 7.28. The maximum Gasteiger partial charge on any atom is 0.257 e. The number of carbonyl (C=O) groups is 2. The van der Waals surface area contributed by atoms with Crippen molar-refractivity contribution in [2.45, 2.75) is 57.6 Å². The number of likely N-dealkylation sites (tertiary alicyclic amines) is 1. The molecule has 1 heterocycles. The van der Waals surface area contributed by atoms with Crippen LogP contribution < -0.4 is 10.1 Å². The summed E-state index contributed by atoms with van der Waals surface area (Å²) in [7, 11) is 0. The lowest BCUT2D eigenvalue weighted by Crippen LogP contribution is -2.47. The number of hydrogen-bond acceptors (Lipinski definition) is 4. The van der Waals surface area contributed by atoms with Gasteiger partial charge in [0.05, 0.1) is 18.3 Å². The van der Waals surface area contributed by atoms with Gasteiger partial charge in [0.25, 0.3) is 5.91 Å². The molecule has 0 bridgehead atoms. The molecule has 2 fully saturated rings. The number of amides is 2. The number of nitrogens with zero attached hydrogens (tertiary/aromatic N) is 1. The molecule has 0 aromatic heterocycles. The highest BCUT2D eigenvalue weighted by atomic mass is 16.5. The number of para-hydroxylation sites is 1. The lowest BCUT2D eigenvalue weighted by atomic mass is 10.0. The first kappa shape index (κ1) is 19.7. The standard InChI is InChI=1S/C21H30N2O4/c1-2-26-19-10-6-5-9-18(19)21(25)23-13-11-16(12-14-23)22-20(24)15-27-17-7-3-4-8-17/h5-6,9-10,16-17H,2-4,7-8,11-15H2,1H3,(H,22,24). The number of benzene rings is 1. The van der Waals surface area contributed by atoms with Crippen LogP contribution in [-0.2, 0) is 9.53 Å². The van der Waals surface area contributed by atoms with Gasteiger partial charge >= 0.3 is 0 Å². The van der Waals surface area contributed by atoms with E-state index in [1.54, 1.807) is 0 Å². The Kier molecular flexibility index (Phi) is 7.10. The number of nitrogens with one attached hydrogen (secondary N) is 1. The summed E-state index contributed by atoms with van der Waals surface area (Å²) in [5.74, 6) is 0.575. The summed E-state index contributed by atoms with van der Waals surface area (Å²) in [5.41, 5.74) is 0.604. The van der Waals surface area contributed by atoms with E-state index in [1.807, 2.05) is 36.1 Å². The van der Waals surface area contributed by atoms with Gasteiger partial charge in [-0.25, -0.2) is 0 Å². The van der Waals surface area contributed by atoms with Gasteiger partial charge < -0.3 is 19.7 Å². The molecule has 1 saturated carbocycles. The second-order valence-electron chi connectivity index (χ2n) is 7.28. The van der Waals surface area contributed by atoms with Crippen molar-refractivity contribution in [2.24, 2.45) is 0 Å². The zero-order valence-electron chi connectivity index (χ0n) is 16.1. The molecule has 148 valence electrons. The average molecular weight is 374 g/mol. The first-order valence-corrected chi connectivity index (χ1v) is 10.1. The number of hydrogen-bond donors (Lipinski definition) is 1.